The molecule has 0 aliphatic rings. The Morgan fingerprint density at radius 2 is 2.21 bits per heavy atom. The molecule has 0 saturated heterocycles. The molecule has 0 amide bonds. The van der Waals surface area contributed by atoms with Crippen LogP contribution < -0.4 is 10.1 Å². The number of anilines is 1. The number of hydrogen-bond donors (Lipinski definition) is 2. The summed E-state index contributed by atoms with van der Waals surface area (Å²) in [7, 11) is 1.81. The summed E-state index contributed by atoms with van der Waals surface area (Å²) in [6.45, 7) is 0.298. The van der Waals surface area contributed by atoms with Crippen molar-refractivity contribution in [2.45, 2.75) is 6.10 Å². The fourth-order valence-corrected chi connectivity index (χ4v) is 1.54. The predicted molar refractivity (Wildman–Crippen MR) is 69.6 cm³/mol. The topological polar surface area (TPSA) is 59.3 Å². The molecule has 0 fully saturated rings. The standard InChI is InChI=1S/C13H16FN3O2/c1-17-7-6-13(16-17)15-8-10(18)9-19-12-5-3-2-4-11(12)14/h2-7,10,18H,8-9H2,1H3,(H,15,16). The number of para-hydroxylation sites is 1. The van der Waals surface area contributed by atoms with Crippen LogP contribution in [0, 0.1) is 5.82 Å². The van der Waals surface area contributed by atoms with Gasteiger partial charge in [0.1, 0.15) is 18.5 Å². The van der Waals surface area contributed by atoms with Crippen molar-refractivity contribution in [3.8, 4) is 5.75 Å². The van der Waals surface area contributed by atoms with Crippen LogP contribution in [0.1, 0.15) is 0 Å². The van der Waals surface area contributed by atoms with Gasteiger partial charge in [0.15, 0.2) is 11.6 Å². The number of nitrogens with zero attached hydrogens (tertiary/aromatic N) is 2. The Morgan fingerprint density at radius 1 is 1.42 bits per heavy atom. The third-order valence-corrected chi connectivity index (χ3v) is 2.50. The maximum absolute atomic E-state index is 13.3. The molecule has 6 heteroatoms. The van der Waals surface area contributed by atoms with Crippen LogP contribution in [0.4, 0.5) is 10.2 Å². The van der Waals surface area contributed by atoms with Gasteiger partial charge in [0, 0.05) is 25.9 Å². The number of nitrogens with one attached hydrogen (secondary N) is 1. The van der Waals surface area contributed by atoms with Crippen molar-refractivity contribution in [2.24, 2.45) is 7.05 Å². The molecule has 2 N–H and O–H groups in total. The Morgan fingerprint density at radius 3 is 2.89 bits per heavy atom. The van der Waals surface area contributed by atoms with E-state index in [4.69, 9.17) is 4.74 Å². The first-order valence-corrected chi connectivity index (χ1v) is 5.94. The summed E-state index contributed by atoms with van der Waals surface area (Å²) in [5.74, 6) is 0.374. The summed E-state index contributed by atoms with van der Waals surface area (Å²) >= 11 is 0. The van der Waals surface area contributed by atoms with E-state index in [0.717, 1.165) is 0 Å². The minimum Gasteiger partial charge on any atom is -0.488 e. The Bertz CT molecular complexity index is 530. The quantitative estimate of drug-likeness (QED) is 0.829. The van der Waals surface area contributed by atoms with Gasteiger partial charge < -0.3 is 15.2 Å². The van der Waals surface area contributed by atoms with Gasteiger partial charge in [0.25, 0.3) is 0 Å². The molecule has 5 nitrogen and oxygen atoms in total. The predicted octanol–water partition coefficient (Wildman–Crippen LogP) is 1.41. The minimum atomic E-state index is -0.749. The number of aliphatic hydroxyl groups excluding tert-OH is 1. The maximum atomic E-state index is 13.3. The lowest BCUT2D eigenvalue weighted by Gasteiger charge is -2.13. The van der Waals surface area contributed by atoms with Gasteiger partial charge >= 0.3 is 0 Å². The monoisotopic (exact) mass is 265 g/mol. The molecule has 19 heavy (non-hydrogen) atoms. The van der Waals surface area contributed by atoms with E-state index in [9.17, 15) is 9.50 Å². The molecule has 2 rings (SSSR count). The lowest BCUT2D eigenvalue weighted by Crippen LogP contribution is -2.26. The number of aryl methyl sites for hydroxylation is 1. The lowest BCUT2D eigenvalue weighted by atomic mass is 10.3. The van der Waals surface area contributed by atoms with Gasteiger partial charge in [-0.05, 0) is 12.1 Å². The van der Waals surface area contributed by atoms with E-state index in [1.807, 2.05) is 7.05 Å². The van der Waals surface area contributed by atoms with E-state index >= 15 is 0 Å². The van der Waals surface area contributed by atoms with Crippen LogP contribution in [0.3, 0.4) is 0 Å². The zero-order valence-electron chi connectivity index (χ0n) is 10.6. The molecule has 0 aliphatic heterocycles. The zero-order valence-corrected chi connectivity index (χ0v) is 10.6. The van der Waals surface area contributed by atoms with E-state index in [1.165, 1.54) is 12.1 Å². The van der Waals surface area contributed by atoms with Gasteiger partial charge in [0.05, 0.1) is 0 Å². The molecule has 0 bridgehead atoms. The first kappa shape index (κ1) is 13.4. The van der Waals surface area contributed by atoms with Crippen LogP contribution in [-0.4, -0.2) is 34.1 Å². The number of aliphatic hydroxyl groups is 1. The van der Waals surface area contributed by atoms with Gasteiger partial charge in [-0.25, -0.2) is 4.39 Å². The van der Waals surface area contributed by atoms with Crippen LogP contribution in [-0.2, 0) is 7.05 Å². The molecule has 0 radical (unpaired) electrons. The number of aromatic nitrogens is 2. The molecule has 1 heterocycles. The maximum Gasteiger partial charge on any atom is 0.165 e. The Kier molecular flexibility index (Phi) is 4.35. The van der Waals surface area contributed by atoms with E-state index in [-0.39, 0.29) is 18.9 Å². The fourth-order valence-electron chi connectivity index (χ4n) is 1.54. The van der Waals surface area contributed by atoms with Gasteiger partial charge in [-0.2, -0.15) is 5.10 Å². The molecule has 102 valence electrons. The van der Waals surface area contributed by atoms with Crippen molar-refractivity contribution < 1.29 is 14.2 Å². The number of rotatable bonds is 6. The molecule has 0 spiro atoms. The van der Waals surface area contributed by atoms with Gasteiger partial charge in [-0.15, -0.1) is 0 Å². The number of halogens is 1. The van der Waals surface area contributed by atoms with Crippen molar-refractivity contribution in [1.29, 1.82) is 0 Å². The van der Waals surface area contributed by atoms with E-state index in [2.05, 4.69) is 10.4 Å². The smallest absolute Gasteiger partial charge is 0.165 e. The summed E-state index contributed by atoms with van der Waals surface area (Å²) in [6, 6.07) is 7.89. The van der Waals surface area contributed by atoms with Crippen molar-refractivity contribution >= 4 is 5.82 Å². The van der Waals surface area contributed by atoms with Crippen molar-refractivity contribution in [3.63, 3.8) is 0 Å². The third-order valence-electron chi connectivity index (χ3n) is 2.50. The van der Waals surface area contributed by atoms with E-state index in [0.29, 0.717) is 5.82 Å². The number of ether oxygens (including phenoxy) is 1. The zero-order chi connectivity index (χ0) is 13.7. The normalized spacial score (nSPS) is 12.2. The van der Waals surface area contributed by atoms with E-state index in [1.54, 1.807) is 29.1 Å². The van der Waals surface area contributed by atoms with Crippen LogP contribution in [0.5, 0.6) is 5.75 Å². The molecule has 0 aliphatic carbocycles. The molecule has 0 saturated carbocycles. The number of benzene rings is 1. The fraction of sp³-hybridized carbons (Fsp3) is 0.308. The van der Waals surface area contributed by atoms with Crippen LogP contribution >= 0.6 is 0 Å². The second kappa shape index (κ2) is 6.19. The summed E-state index contributed by atoms with van der Waals surface area (Å²) in [5.41, 5.74) is 0. The van der Waals surface area contributed by atoms with Gasteiger partial charge in [0.2, 0.25) is 0 Å². The molecule has 1 aromatic heterocycles. The molecular formula is C13H16FN3O2. The Balaban J connectivity index is 1.76. The first-order chi connectivity index (χ1) is 9.15. The van der Waals surface area contributed by atoms with Crippen molar-refractivity contribution in [2.75, 3.05) is 18.5 Å². The highest BCUT2D eigenvalue weighted by Gasteiger charge is 2.08. The molecular weight excluding hydrogens is 249 g/mol. The van der Waals surface area contributed by atoms with Crippen LogP contribution in [0.15, 0.2) is 36.5 Å². The van der Waals surface area contributed by atoms with Crippen LogP contribution in [0.25, 0.3) is 0 Å². The highest BCUT2D eigenvalue weighted by molar-refractivity contribution is 5.32. The summed E-state index contributed by atoms with van der Waals surface area (Å²) in [4.78, 5) is 0. The highest BCUT2D eigenvalue weighted by Crippen LogP contribution is 2.15. The van der Waals surface area contributed by atoms with Gasteiger partial charge in [-0.3, -0.25) is 4.68 Å². The minimum absolute atomic E-state index is 0.0146. The second-order valence-corrected chi connectivity index (χ2v) is 4.15. The average Bonchev–Trinajstić information content (AvgIpc) is 2.81. The second-order valence-electron chi connectivity index (χ2n) is 4.15. The Hall–Kier alpha value is -2.08. The van der Waals surface area contributed by atoms with Gasteiger partial charge in [-0.1, -0.05) is 12.1 Å². The summed E-state index contributed by atoms with van der Waals surface area (Å²) in [5, 5.41) is 16.8. The summed E-state index contributed by atoms with van der Waals surface area (Å²) < 4.78 is 20.1. The molecule has 1 aromatic carbocycles. The van der Waals surface area contributed by atoms with Crippen molar-refractivity contribution in [1.82, 2.24) is 9.78 Å². The lowest BCUT2D eigenvalue weighted by molar-refractivity contribution is 0.115. The number of hydrogen-bond acceptors (Lipinski definition) is 4. The molecule has 1 atom stereocenters. The largest absolute Gasteiger partial charge is 0.488 e. The highest BCUT2D eigenvalue weighted by atomic mass is 19.1. The molecule has 2 aromatic rings. The van der Waals surface area contributed by atoms with E-state index < -0.39 is 11.9 Å². The average molecular weight is 265 g/mol. The summed E-state index contributed by atoms with van der Waals surface area (Å²) in [6.07, 6.45) is 1.05. The third kappa shape index (κ3) is 3.96. The Labute approximate surface area is 110 Å². The SMILES string of the molecule is Cn1ccc(NCC(O)COc2ccccc2F)n1. The van der Waals surface area contributed by atoms with Crippen molar-refractivity contribution in [3.05, 3.63) is 42.3 Å². The van der Waals surface area contributed by atoms with Crippen LogP contribution in [0.2, 0.25) is 0 Å². The first-order valence-electron chi connectivity index (χ1n) is 5.94. The molecule has 1 unspecified atom stereocenters.